The summed E-state index contributed by atoms with van der Waals surface area (Å²) in [6, 6.07) is 6.19. The summed E-state index contributed by atoms with van der Waals surface area (Å²) < 4.78 is 0.967. The van der Waals surface area contributed by atoms with Crippen LogP contribution in [0.2, 0.25) is 0 Å². The van der Waals surface area contributed by atoms with Gasteiger partial charge in [-0.05, 0) is 37.5 Å². The minimum atomic E-state index is 0.156. The molecule has 1 aliphatic carbocycles. The highest BCUT2D eigenvalue weighted by Gasteiger charge is 2.22. The van der Waals surface area contributed by atoms with Crippen LogP contribution in [-0.4, -0.2) is 18.5 Å². The van der Waals surface area contributed by atoms with Crippen molar-refractivity contribution in [2.45, 2.75) is 31.7 Å². The molecule has 1 aliphatic rings. The van der Waals surface area contributed by atoms with E-state index in [2.05, 4.69) is 26.6 Å². The topological polar surface area (TPSA) is 67.1 Å². The van der Waals surface area contributed by atoms with E-state index in [1.54, 1.807) is 0 Å². The Morgan fingerprint density at radius 3 is 2.89 bits per heavy atom. The van der Waals surface area contributed by atoms with Crippen molar-refractivity contribution in [1.29, 1.82) is 0 Å². The summed E-state index contributed by atoms with van der Waals surface area (Å²) >= 11 is 3.37. The van der Waals surface area contributed by atoms with Gasteiger partial charge in [-0.15, -0.1) is 0 Å². The molecule has 0 aliphatic heterocycles. The number of amides is 1. The van der Waals surface area contributed by atoms with Crippen molar-refractivity contribution in [3.63, 3.8) is 0 Å². The van der Waals surface area contributed by atoms with Crippen molar-refractivity contribution in [2.24, 2.45) is 0 Å². The average Bonchev–Trinajstić information content (AvgIpc) is 3.10. The van der Waals surface area contributed by atoms with E-state index in [0.29, 0.717) is 18.2 Å². The number of hydrogen-bond acceptors (Lipinski definition) is 3. The van der Waals surface area contributed by atoms with Crippen LogP contribution in [0.4, 0.5) is 11.4 Å². The van der Waals surface area contributed by atoms with Crippen LogP contribution in [0, 0.1) is 0 Å². The van der Waals surface area contributed by atoms with Crippen LogP contribution in [0.1, 0.15) is 25.7 Å². The summed E-state index contributed by atoms with van der Waals surface area (Å²) in [6.45, 7) is 0.754. The van der Waals surface area contributed by atoms with Crippen molar-refractivity contribution < 1.29 is 4.79 Å². The summed E-state index contributed by atoms with van der Waals surface area (Å²) in [7, 11) is 0. The molecule has 4 nitrogen and oxygen atoms in total. The van der Waals surface area contributed by atoms with Gasteiger partial charge in [0.05, 0.1) is 11.4 Å². The van der Waals surface area contributed by atoms with Crippen LogP contribution in [-0.2, 0) is 4.79 Å². The minimum absolute atomic E-state index is 0.156. The van der Waals surface area contributed by atoms with Gasteiger partial charge in [0.15, 0.2) is 0 Å². The maximum absolute atomic E-state index is 11.4. The SMILES string of the molecule is Nc1cc(Br)ccc1NCCCC(=O)NC1CC1. The summed E-state index contributed by atoms with van der Waals surface area (Å²) in [5, 5.41) is 6.21. The van der Waals surface area contributed by atoms with Crippen LogP contribution in [0.15, 0.2) is 22.7 Å². The maximum atomic E-state index is 11.4. The molecule has 1 fully saturated rings. The third-order valence-corrected chi connectivity index (χ3v) is 3.35. The van der Waals surface area contributed by atoms with Crippen molar-refractivity contribution in [2.75, 3.05) is 17.6 Å². The number of benzene rings is 1. The number of anilines is 2. The summed E-state index contributed by atoms with van der Waals surface area (Å²) in [6.07, 6.45) is 3.66. The Hall–Kier alpha value is -1.23. The second-order valence-electron chi connectivity index (χ2n) is 4.60. The maximum Gasteiger partial charge on any atom is 0.220 e. The molecule has 0 unspecified atom stereocenters. The minimum Gasteiger partial charge on any atom is -0.397 e. The number of carbonyl (C=O) groups excluding carboxylic acids is 1. The second-order valence-corrected chi connectivity index (χ2v) is 5.52. The molecule has 2 rings (SSSR count). The lowest BCUT2D eigenvalue weighted by molar-refractivity contribution is -0.121. The summed E-state index contributed by atoms with van der Waals surface area (Å²) in [5.41, 5.74) is 7.50. The van der Waals surface area contributed by atoms with E-state index in [-0.39, 0.29) is 5.91 Å². The molecule has 0 spiro atoms. The Morgan fingerprint density at radius 1 is 1.44 bits per heavy atom. The summed E-state index contributed by atoms with van der Waals surface area (Å²) in [5.74, 6) is 0.156. The van der Waals surface area contributed by atoms with E-state index in [1.165, 1.54) is 0 Å². The molecule has 0 saturated heterocycles. The van der Waals surface area contributed by atoms with Gasteiger partial charge in [0.1, 0.15) is 0 Å². The highest BCUT2D eigenvalue weighted by molar-refractivity contribution is 9.10. The molecular formula is C13H18BrN3O. The van der Waals surface area contributed by atoms with Crippen LogP contribution in [0.5, 0.6) is 0 Å². The number of carbonyl (C=O) groups is 1. The fraction of sp³-hybridized carbons (Fsp3) is 0.462. The molecule has 0 aromatic heterocycles. The smallest absolute Gasteiger partial charge is 0.220 e. The van der Waals surface area contributed by atoms with E-state index in [9.17, 15) is 4.79 Å². The van der Waals surface area contributed by atoms with Gasteiger partial charge < -0.3 is 16.4 Å². The molecule has 1 amide bonds. The number of nitrogens with one attached hydrogen (secondary N) is 2. The third kappa shape index (κ3) is 4.22. The largest absolute Gasteiger partial charge is 0.397 e. The zero-order valence-electron chi connectivity index (χ0n) is 10.2. The van der Waals surface area contributed by atoms with Gasteiger partial charge in [-0.1, -0.05) is 15.9 Å². The molecule has 0 bridgehead atoms. The zero-order valence-corrected chi connectivity index (χ0v) is 11.8. The van der Waals surface area contributed by atoms with Gasteiger partial charge in [0.2, 0.25) is 5.91 Å². The van der Waals surface area contributed by atoms with Crippen LogP contribution in [0.25, 0.3) is 0 Å². The lowest BCUT2D eigenvalue weighted by Gasteiger charge is -2.09. The Morgan fingerprint density at radius 2 is 2.22 bits per heavy atom. The predicted octanol–water partition coefficient (Wildman–Crippen LogP) is 2.50. The van der Waals surface area contributed by atoms with Crippen LogP contribution >= 0.6 is 15.9 Å². The molecule has 0 atom stereocenters. The van der Waals surface area contributed by atoms with E-state index in [4.69, 9.17) is 5.73 Å². The van der Waals surface area contributed by atoms with Gasteiger partial charge in [0.25, 0.3) is 0 Å². The van der Waals surface area contributed by atoms with Crippen molar-refractivity contribution in [3.8, 4) is 0 Å². The Labute approximate surface area is 115 Å². The van der Waals surface area contributed by atoms with Crippen molar-refractivity contribution in [3.05, 3.63) is 22.7 Å². The molecule has 4 N–H and O–H groups in total. The number of halogens is 1. The van der Waals surface area contributed by atoms with E-state index in [0.717, 1.165) is 36.0 Å². The van der Waals surface area contributed by atoms with E-state index < -0.39 is 0 Å². The average molecular weight is 312 g/mol. The highest BCUT2D eigenvalue weighted by Crippen LogP contribution is 2.23. The van der Waals surface area contributed by atoms with Gasteiger partial charge in [-0.2, -0.15) is 0 Å². The Bertz CT molecular complexity index is 432. The van der Waals surface area contributed by atoms with Gasteiger partial charge >= 0.3 is 0 Å². The normalized spacial score (nSPS) is 14.3. The molecule has 5 heteroatoms. The molecule has 1 saturated carbocycles. The second kappa shape index (κ2) is 6.09. The fourth-order valence-corrected chi connectivity index (χ4v) is 2.07. The third-order valence-electron chi connectivity index (χ3n) is 2.85. The van der Waals surface area contributed by atoms with Crippen molar-refractivity contribution >= 4 is 33.2 Å². The number of hydrogen-bond donors (Lipinski definition) is 3. The van der Waals surface area contributed by atoms with E-state index in [1.807, 2.05) is 18.2 Å². The first kappa shape index (κ1) is 13.2. The molecule has 0 heterocycles. The number of nitrogens with two attached hydrogens (primary N) is 1. The standard InChI is InChI=1S/C13H18BrN3O/c14-9-3-6-12(11(15)8-9)16-7-1-2-13(18)17-10-4-5-10/h3,6,8,10,16H,1-2,4-5,7,15H2,(H,17,18). The first-order chi connectivity index (χ1) is 8.65. The molecule has 0 radical (unpaired) electrons. The van der Waals surface area contributed by atoms with Crippen LogP contribution in [0.3, 0.4) is 0 Å². The Balaban J connectivity index is 1.66. The molecule has 1 aromatic carbocycles. The monoisotopic (exact) mass is 311 g/mol. The summed E-state index contributed by atoms with van der Waals surface area (Å²) in [4.78, 5) is 11.4. The lowest BCUT2D eigenvalue weighted by atomic mass is 10.2. The lowest BCUT2D eigenvalue weighted by Crippen LogP contribution is -2.25. The van der Waals surface area contributed by atoms with Gasteiger partial charge in [-0.3, -0.25) is 4.79 Å². The Kier molecular flexibility index (Phi) is 4.47. The number of nitrogen functional groups attached to an aromatic ring is 1. The first-order valence-electron chi connectivity index (χ1n) is 6.23. The molecule has 98 valence electrons. The first-order valence-corrected chi connectivity index (χ1v) is 7.03. The van der Waals surface area contributed by atoms with Crippen molar-refractivity contribution in [1.82, 2.24) is 5.32 Å². The molecule has 1 aromatic rings. The van der Waals surface area contributed by atoms with E-state index >= 15 is 0 Å². The van der Waals surface area contributed by atoms with Crippen LogP contribution < -0.4 is 16.4 Å². The highest BCUT2D eigenvalue weighted by atomic mass is 79.9. The number of rotatable bonds is 6. The molecule has 18 heavy (non-hydrogen) atoms. The zero-order chi connectivity index (χ0) is 13.0. The molecular weight excluding hydrogens is 294 g/mol. The van der Waals surface area contributed by atoms with Gasteiger partial charge in [0, 0.05) is 23.5 Å². The van der Waals surface area contributed by atoms with Gasteiger partial charge in [-0.25, -0.2) is 0 Å². The predicted molar refractivity (Wildman–Crippen MR) is 77.4 cm³/mol. The quantitative estimate of drug-likeness (QED) is 0.558. The fourth-order valence-electron chi connectivity index (χ4n) is 1.69.